The zero-order chi connectivity index (χ0) is 12.3. The first-order chi connectivity index (χ1) is 7.35. The van der Waals surface area contributed by atoms with Gasteiger partial charge in [0.05, 0.1) is 5.02 Å². The third kappa shape index (κ3) is 3.89. The molecule has 0 heterocycles. The van der Waals surface area contributed by atoms with Crippen LogP contribution in [-0.2, 0) is 0 Å². The Morgan fingerprint density at radius 2 is 2.19 bits per heavy atom. The van der Waals surface area contributed by atoms with Crippen molar-refractivity contribution in [1.82, 2.24) is 5.32 Å². The quantitative estimate of drug-likeness (QED) is 0.589. The summed E-state index contributed by atoms with van der Waals surface area (Å²) in [6.45, 7) is 3.90. The third-order valence-electron chi connectivity index (χ3n) is 1.97. The predicted molar refractivity (Wildman–Crippen MR) is 79.5 cm³/mol. The lowest BCUT2D eigenvalue weighted by Gasteiger charge is -2.23. The second kappa shape index (κ2) is 5.69. The molecule has 0 radical (unpaired) electrons. The monoisotopic (exact) mass is 415 g/mol. The van der Waals surface area contributed by atoms with Gasteiger partial charge in [0.2, 0.25) is 0 Å². The van der Waals surface area contributed by atoms with Crippen molar-refractivity contribution in [2.45, 2.75) is 19.4 Å². The van der Waals surface area contributed by atoms with Gasteiger partial charge in [-0.1, -0.05) is 27.5 Å². The van der Waals surface area contributed by atoms with Gasteiger partial charge >= 0.3 is 0 Å². The summed E-state index contributed by atoms with van der Waals surface area (Å²) in [5.74, 6) is -0.109. The summed E-state index contributed by atoms with van der Waals surface area (Å²) in [5, 5.41) is 4.22. The molecule has 0 aliphatic rings. The van der Waals surface area contributed by atoms with Gasteiger partial charge in [0.15, 0.2) is 0 Å². The molecule has 1 aromatic rings. The molecule has 2 nitrogen and oxygen atoms in total. The van der Waals surface area contributed by atoms with Crippen LogP contribution in [0.4, 0.5) is 0 Å². The summed E-state index contributed by atoms with van der Waals surface area (Å²) in [7, 11) is 0. The maximum atomic E-state index is 11.9. The van der Waals surface area contributed by atoms with E-state index >= 15 is 0 Å². The van der Waals surface area contributed by atoms with Crippen molar-refractivity contribution >= 4 is 56.0 Å². The molecule has 0 aliphatic heterocycles. The van der Waals surface area contributed by atoms with Gasteiger partial charge in [-0.05, 0) is 54.6 Å². The smallest absolute Gasteiger partial charge is 0.251 e. The molecule has 1 amide bonds. The van der Waals surface area contributed by atoms with Gasteiger partial charge in [-0.2, -0.15) is 0 Å². The third-order valence-corrected chi connectivity index (χ3v) is 4.94. The summed E-state index contributed by atoms with van der Waals surface area (Å²) in [6, 6.07) is 5.29. The highest BCUT2D eigenvalue weighted by Gasteiger charge is 2.19. The fourth-order valence-electron chi connectivity index (χ4n) is 1.05. The molecule has 0 atom stereocenters. The molecule has 0 bridgehead atoms. The first-order valence-corrected chi connectivity index (χ1v) is 7.27. The Bertz CT molecular complexity index is 409. The molecule has 1 rings (SSSR count). The second-order valence-electron chi connectivity index (χ2n) is 4.10. The highest BCUT2D eigenvalue weighted by molar-refractivity contribution is 14.1. The van der Waals surface area contributed by atoms with E-state index in [4.69, 9.17) is 11.6 Å². The standard InChI is InChI=1S/C11H12BrClINO/c1-11(2,6-12)15-10(16)7-3-4-9(14)8(13)5-7/h3-5H,6H2,1-2H3,(H,15,16). The Morgan fingerprint density at radius 1 is 1.56 bits per heavy atom. The van der Waals surface area contributed by atoms with Crippen LogP contribution in [0.2, 0.25) is 5.02 Å². The molecule has 5 heteroatoms. The van der Waals surface area contributed by atoms with Crippen molar-refractivity contribution in [3.05, 3.63) is 32.4 Å². The van der Waals surface area contributed by atoms with Crippen LogP contribution >= 0.6 is 50.1 Å². The van der Waals surface area contributed by atoms with E-state index in [9.17, 15) is 4.79 Å². The summed E-state index contributed by atoms with van der Waals surface area (Å²) in [6.07, 6.45) is 0. The van der Waals surface area contributed by atoms with Crippen LogP contribution in [0.3, 0.4) is 0 Å². The number of hydrogen-bond donors (Lipinski definition) is 1. The molecule has 0 fully saturated rings. The molecule has 0 aliphatic carbocycles. The Morgan fingerprint density at radius 3 is 2.69 bits per heavy atom. The fraction of sp³-hybridized carbons (Fsp3) is 0.364. The number of alkyl halides is 1. The Labute approximate surface area is 122 Å². The minimum atomic E-state index is -0.271. The van der Waals surface area contributed by atoms with E-state index in [1.165, 1.54) is 0 Å². The lowest BCUT2D eigenvalue weighted by molar-refractivity contribution is 0.0921. The molecule has 0 saturated heterocycles. The van der Waals surface area contributed by atoms with Crippen LogP contribution < -0.4 is 5.32 Å². The highest BCUT2D eigenvalue weighted by atomic mass is 127. The SMILES string of the molecule is CC(C)(CBr)NC(=O)c1ccc(I)c(Cl)c1. The minimum Gasteiger partial charge on any atom is -0.346 e. The predicted octanol–water partition coefficient (Wildman–Crippen LogP) is 3.85. The van der Waals surface area contributed by atoms with E-state index < -0.39 is 0 Å². The van der Waals surface area contributed by atoms with Crippen LogP contribution in [0, 0.1) is 3.57 Å². The molecule has 0 unspecified atom stereocenters. The normalized spacial score (nSPS) is 11.3. The Hall–Kier alpha value is 0.190. The van der Waals surface area contributed by atoms with E-state index in [0.717, 1.165) is 3.57 Å². The number of nitrogens with one attached hydrogen (secondary N) is 1. The molecular weight excluding hydrogens is 404 g/mol. The van der Waals surface area contributed by atoms with Crippen molar-refractivity contribution in [3.8, 4) is 0 Å². The first-order valence-electron chi connectivity index (χ1n) is 4.69. The average Bonchev–Trinajstić information content (AvgIpc) is 2.21. The second-order valence-corrected chi connectivity index (χ2v) is 6.23. The zero-order valence-corrected chi connectivity index (χ0v) is 13.5. The first kappa shape index (κ1) is 14.3. The maximum Gasteiger partial charge on any atom is 0.251 e. The molecule has 88 valence electrons. The molecule has 1 N–H and O–H groups in total. The lowest BCUT2D eigenvalue weighted by Crippen LogP contribution is -2.44. The number of halogens is 3. The van der Waals surface area contributed by atoms with Gasteiger partial charge in [-0.3, -0.25) is 4.79 Å². The van der Waals surface area contributed by atoms with Crippen LogP contribution in [0.15, 0.2) is 18.2 Å². The highest BCUT2D eigenvalue weighted by Crippen LogP contribution is 2.20. The van der Waals surface area contributed by atoms with Crippen molar-refractivity contribution < 1.29 is 4.79 Å². The van der Waals surface area contributed by atoms with Crippen LogP contribution in [-0.4, -0.2) is 16.8 Å². The van der Waals surface area contributed by atoms with Crippen LogP contribution in [0.25, 0.3) is 0 Å². The average molecular weight is 416 g/mol. The van der Waals surface area contributed by atoms with Gasteiger partial charge in [-0.25, -0.2) is 0 Å². The zero-order valence-electron chi connectivity index (χ0n) is 8.98. The number of amides is 1. The van der Waals surface area contributed by atoms with Gasteiger partial charge < -0.3 is 5.32 Å². The van der Waals surface area contributed by atoms with E-state index in [-0.39, 0.29) is 11.4 Å². The Kier molecular flexibility index (Phi) is 5.07. The number of rotatable bonds is 3. The lowest BCUT2D eigenvalue weighted by atomic mass is 10.1. The van der Waals surface area contributed by atoms with E-state index in [0.29, 0.717) is 15.9 Å². The summed E-state index contributed by atoms with van der Waals surface area (Å²) < 4.78 is 0.940. The van der Waals surface area contributed by atoms with E-state index in [1.54, 1.807) is 12.1 Å². The molecular formula is C11H12BrClINO. The fourth-order valence-corrected chi connectivity index (χ4v) is 1.71. The Balaban J connectivity index is 2.85. The molecule has 0 saturated carbocycles. The van der Waals surface area contributed by atoms with Gasteiger partial charge in [0.25, 0.3) is 5.91 Å². The number of carbonyl (C=O) groups excluding carboxylic acids is 1. The van der Waals surface area contributed by atoms with Gasteiger partial charge in [-0.15, -0.1) is 0 Å². The summed E-state index contributed by atoms with van der Waals surface area (Å²) in [4.78, 5) is 11.9. The maximum absolute atomic E-state index is 11.9. The van der Waals surface area contributed by atoms with Crippen LogP contribution in [0.1, 0.15) is 24.2 Å². The number of benzene rings is 1. The molecule has 0 spiro atoms. The van der Waals surface area contributed by atoms with E-state index in [2.05, 4.69) is 43.8 Å². The summed E-state index contributed by atoms with van der Waals surface area (Å²) >= 11 is 11.5. The summed E-state index contributed by atoms with van der Waals surface area (Å²) in [5.41, 5.74) is 0.312. The minimum absolute atomic E-state index is 0.109. The van der Waals surface area contributed by atoms with Crippen molar-refractivity contribution in [1.29, 1.82) is 0 Å². The number of carbonyl (C=O) groups is 1. The van der Waals surface area contributed by atoms with Crippen molar-refractivity contribution in [3.63, 3.8) is 0 Å². The topological polar surface area (TPSA) is 29.1 Å². The molecule has 1 aromatic carbocycles. The van der Waals surface area contributed by atoms with Crippen molar-refractivity contribution in [2.75, 3.05) is 5.33 Å². The van der Waals surface area contributed by atoms with Crippen molar-refractivity contribution in [2.24, 2.45) is 0 Å². The van der Waals surface area contributed by atoms with E-state index in [1.807, 2.05) is 19.9 Å². The van der Waals surface area contributed by atoms with Gasteiger partial charge in [0.1, 0.15) is 0 Å². The molecule has 16 heavy (non-hydrogen) atoms. The molecule has 0 aromatic heterocycles. The largest absolute Gasteiger partial charge is 0.346 e. The van der Waals surface area contributed by atoms with Crippen LogP contribution in [0.5, 0.6) is 0 Å². The number of hydrogen-bond acceptors (Lipinski definition) is 1. The van der Waals surface area contributed by atoms with Gasteiger partial charge in [0, 0.05) is 20.0 Å².